The SMILES string of the molecule is CNc1ncc(-c2nc3cc(OC4CCC4C(C)(C)OC)ccc3o2)c2cc(NC(=O)C3CC3)ncc12. The van der Waals surface area contributed by atoms with Crippen LogP contribution < -0.4 is 15.4 Å². The Morgan fingerprint density at radius 3 is 2.62 bits per heavy atom. The molecule has 2 N–H and O–H groups in total. The number of benzene rings is 1. The van der Waals surface area contributed by atoms with Crippen LogP contribution in [0.1, 0.15) is 39.5 Å². The van der Waals surface area contributed by atoms with Gasteiger partial charge in [-0.15, -0.1) is 0 Å². The van der Waals surface area contributed by atoms with Crippen LogP contribution in [0.2, 0.25) is 0 Å². The van der Waals surface area contributed by atoms with E-state index in [0.717, 1.165) is 47.8 Å². The molecule has 2 aliphatic rings. The first-order valence-electron chi connectivity index (χ1n) is 12.8. The highest BCUT2D eigenvalue weighted by atomic mass is 16.5. The van der Waals surface area contributed by atoms with Crippen LogP contribution >= 0.6 is 0 Å². The molecule has 2 aliphatic carbocycles. The largest absolute Gasteiger partial charge is 0.490 e. The average Bonchev–Trinajstić information content (AvgIpc) is 3.65. The summed E-state index contributed by atoms with van der Waals surface area (Å²) in [4.78, 5) is 26.1. The Kier molecular flexibility index (Phi) is 5.75. The molecule has 9 nitrogen and oxygen atoms in total. The van der Waals surface area contributed by atoms with Gasteiger partial charge in [0.05, 0.1) is 11.2 Å². The summed E-state index contributed by atoms with van der Waals surface area (Å²) in [5.74, 6) is 2.83. The minimum atomic E-state index is -0.229. The zero-order valence-corrected chi connectivity index (χ0v) is 21.5. The van der Waals surface area contributed by atoms with Crippen LogP contribution in [0.15, 0.2) is 41.1 Å². The van der Waals surface area contributed by atoms with Gasteiger partial charge in [0.1, 0.15) is 29.0 Å². The summed E-state index contributed by atoms with van der Waals surface area (Å²) < 4.78 is 18.1. The molecule has 6 rings (SSSR count). The van der Waals surface area contributed by atoms with Gasteiger partial charge in [-0.2, -0.15) is 0 Å². The standard InChI is InChI=1S/C28H31N5O4/c1-28(2,35-4)20-8-10-22(20)36-16-7-9-23-21(11-16)32-27(37-23)19-14-31-25(29-3)18-13-30-24(12-17(18)19)33-26(34)15-5-6-15/h7,9,11-15,20,22H,5-6,8,10H2,1-4H3,(H,29,31)(H,30,33,34). The zero-order valence-electron chi connectivity index (χ0n) is 21.5. The maximum Gasteiger partial charge on any atom is 0.229 e. The van der Waals surface area contributed by atoms with Gasteiger partial charge in [0, 0.05) is 55.2 Å². The summed E-state index contributed by atoms with van der Waals surface area (Å²) >= 11 is 0. The van der Waals surface area contributed by atoms with Gasteiger partial charge >= 0.3 is 0 Å². The second-order valence-electron chi connectivity index (χ2n) is 10.4. The van der Waals surface area contributed by atoms with E-state index in [2.05, 4.69) is 34.4 Å². The minimum Gasteiger partial charge on any atom is -0.490 e. The van der Waals surface area contributed by atoms with E-state index < -0.39 is 0 Å². The van der Waals surface area contributed by atoms with Crippen molar-refractivity contribution < 1.29 is 18.7 Å². The Morgan fingerprint density at radius 1 is 1.08 bits per heavy atom. The van der Waals surface area contributed by atoms with Crippen molar-refractivity contribution >= 4 is 39.4 Å². The van der Waals surface area contributed by atoms with E-state index in [1.54, 1.807) is 19.5 Å². The summed E-state index contributed by atoms with van der Waals surface area (Å²) in [6, 6.07) is 7.57. The van der Waals surface area contributed by atoms with Crippen LogP contribution in [-0.4, -0.2) is 46.7 Å². The van der Waals surface area contributed by atoms with Crippen molar-refractivity contribution in [3.05, 3.63) is 36.7 Å². The number of oxazole rings is 1. The Balaban J connectivity index is 1.32. The number of carbonyl (C=O) groups is 1. The molecule has 0 aliphatic heterocycles. The molecule has 2 fully saturated rings. The lowest BCUT2D eigenvalue weighted by atomic mass is 9.72. The van der Waals surface area contributed by atoms with Gasteiger partial charge in [0.2, 0.25) is 11.8 Å². The van der Waals surface area contributed by atoms with Crippen molar-refractivity contribution in [2.45, 2.75) is 51.2 Å². The van der Waals surface area contributed by atoms with E-state index in [1.165, 1.54) is 0 Å². The summed E-state index contributed by atoms with van der Waals surface area (Å²) in [6.07, 6.45) is 7.50. The van der Waals surface area contributed by atoms with Crippen molar-refractivity contribution in [1.29, 1.82) is 0 Å². The highest BCUT2D eigenvalue weighted by molar-refractivity contribution is 6.03. The Morgan fingerprint density at radius 2 is 1.92 bits per heavy atom. The third kappa shape index (κ3) is 4.37. The van der Waals surface area contributed by atoms with Crippen LogP contribution in [0, 0.1) is 11.8 Å². The van der Waals surface area contributed by atoms with E-state index in [0.29, 0.717) is 34.5 Å². The van der Waals surface area contributed by atoms with Crippen molar-refractivity contribution in [2.75, 3.05) is 24.8 Å². The molecule has 4 aromatic rings. The number of hydrogen-bond acceptors (Lipinski definition) is 8. The van der Waals surface area contributed by atoms with E-state index in [4.69, 9.17) is 18.9 Å². The number of pyridine rings is 2. The van der Waals surface area contributed by atoms with E-state index in [1.807, 2.05) is 31.3 Å². The maximum atomic E-state index is 12.3. The molecule has 3 heterocycles. The predicted octanol–water partition coefficient (Wildman–Crippen LogP) is 5.41. The fourth-order valence-electron chi connectivity index (χ4n) is 4.97. The second kappa shape index (κ2) is 8.99. The molecule has 192 valence electrons. The number of ether oxygens (including phenoxy) is 2. The lowest BCUT2D eigenvalue weighted by molar-refractivity contribution is -0.117. The van der Waals surface area contributed by atoms with Crippen molar-refractivity contribution in [3.63, 3.8) is 0 Å². The average molecular weight is 502 g/mol. The van der Waals surface area contributed by atoms with E-state index in [9.17, 15) is 4.79 Å². The normalized spacial score (nSPS) is 19.6. The minimum absolute atomic E-state index is 0.00766. The molecule has 0 bridgehead atoms. The third-order valence-electron chi connectivity index (χ3n) is 7.72. The number of anilines is 2. The number of fused-ring (bicyclic) bond motifs is 2. The fourth-order valence-corrected chi connectivity index (χ4v) is 4.97. The van der Waals surface area contributed by atoms with Gasteiger partial charge in [0.15, 0.2) is 5.58 Å². The van der Waals surface area contributed by atoms with Gasteiger partial charge in [-0.25, -0.2) is 15.0 Å². The van der Waals surface area contributed by atoms with Crippen LogP contribution in [0.25, 0.3) is 33.3 Å². The van der Waals surface area contributed by atoms with Crippen molar-refractivity contribution in [1.82, 2.24) is 15.0 Å². The summed E-state index contributed by atoms with van der Waals surface area (Å²) in [5, 5.41) is 7.68. The number of rotatable bonds is 8. The van der Waals surface area contributed by atoms with Gasteiger partial charge in [-0.3, -0.25) is 4.79 Å². The molecule has 9 heteroatoms. The van der Waals surface area contributed by atoms with Crippen molar-refractivity contribution in [2.24, 2.45) is 11.8 Å². The van der Waals surface area contributed by atoms with E-state index >= 15 is 0 Å². The lowest BCUT2D eigenvalue weighted by Crippen LogP contribution is -2.50. The monoisotopic (exact) mass is 501 g/mol. The maximum absolute atomic E-state index is 12.3. The fraction of sp³-hybridized carbons (Fsp3) is 0.429. The smallest absolute Gasteiger partial charge is 0.229 e. The van der Waals surface area contributed by atoms with Crippen LogP contribution in [0.4, 0.5) is 11.6 Å². The number of aromatic nitrogens is 3. The quantitative estimate of drug-likeness (QED) is 0.330. The topological polar surface area (TPSA) is 111 Å². The Bertz CT molecular complexity index is 1490. The van der Waals surface area contributed by atoms with Crippen molar-refractivity contribution in [3.8, 4) is 17.2 Å². The molecular weight excluding hydrogens is 470 g/mol. The first kappa shape index (κ1) is 23.7. The number of nitrogens with zero attached hydrogens (tertiary/aromatic N) is 3. The Labute approximate surface area is 215 Å². The molecule has 0 saturated heterocycles. The number of hydrogen-bond donors (Lipinski definition) is 2. The molecular formula is C28H31N5O4. The first-order chi connectivity index (χ1) is 17.9. The number of methoxy groups -OCH3 is 1. The van der Waals surface area contributed by atoms with Gasteiger partial charge < -0.3 is 24.5 Å². The molecule has 1 amide bonds. The Hall–Kier alpha value is -3.72. The summed E-state index contributed by atoms with van der Waals surface area (Å²) in [6.45, 7) is 4.21. The molecule has 2 atom stereocenters. The number of nitrogens with one attached hydrogen (secondary N) is 2. The van der Waals surface area contributed by atoms with E-state index in [-0.39, 0.29) is 23.5 Å². The van der Waals surface area contributed by atoms with Gasteiger partial charge in [-0.05, 0) is 57.7 Å². The predicted molar refractivity (Wildman–Crippen MR) is 142 cm³/mol. The second-order valence-corrected chi connectivity index (χ2v) is 10.4. The zero-order chi connectivity index (χ0) is 25.7. The molecule has 2 unspecified atom stereocenters. The molecule has 1 aromatic carbocycles. The van der Waals surface area contributed by atoms with Crippen LogP contribution in [0.5, 0.6) is 5.75 Å². The lowest BCUT2D eigenvalue weighted by Gasteiger charge is -2.45. The number of amides is 1. The van der Waals surface area contributed by atoms with Crippen LogP contribution in [0.3, 0.4) is 0 Å². The molecule has 3 aromatic heterocycles. The van der Waals surface area contributed by atoms with Gasteiger partial charge in [0.25, 0.3) is 0 Å². The third-order valence-corrected chi connectivity index (χ3v) is 7.72. The molecule has 37 heavy (non-hydrogen) atoms. The molecule has 0 radical (unpaired) electrons. The molecule has 2 saturated carbocycles. The molecule has 0 spiro atoms. The van der Waals surface area contributed by atoms with Gasteiger partial charge in [-0.1, -0.05) is 0 Å². The first-order valence-corrected chi connectivity index (χ1v) is 12.8. The summed E-state index contributed by atoms with van der Waals surface area (Å²) in [5.41, 5.74) is 1.86. The number of carbonyl (C=O) groups excluding carboxylic acids is 1. The highest BCUT2D eigenvalue weighted by Crippen LogP contribution is 2.41. The van der Waals surface area contributed by atoms with Crippen LogP contribution in [-0.2, 0) is 9.53 Å². The highest BCUT2D eigenvalue weighted by Gasteiger charge is 2.43. The summed E-state index contributed by atoms with van der Waals surface area (Å²) in [7, 11) is 3.56.